The zero-order chi connectivity index (χ0) is 15.7. The number of fused-ring (bicyclic) bond motifs is 1. The van der Waals surface area contributed by atoms with E-state index in [2.05, 4.69) is 28.9 Å². The van der Waals surface area contributed by atoms with Crippen LogP contribution in [0, 0.1) is 11.8 Å². The summed E-state index contributed by atoms with van der Waals surface area (Å²) >= 11 is 0. The minimum Gasteiger partial charge on any atom is -0.339 e. The van der Waals surface area contributed by atoms with Gasteiger partial charge in [0.2, 0.25) is 5.91 Å². The highest BCUT2D eigenvalue weighted by molar-refractivity contribution is 5.92. The van der Waals surface area contributed by atoms with Crippen molar-refractivity contribution in [1.82, 2.24) is 20.0 Å². The largest absolute Gasteiger partial charge is 0.339 e. The van der Waals surface area contributed by atoms with E-state index < -0.39 is 0 Å². The first-order chi connectivity index (χ1) is 10.6. The van der Waals surface area contributed by atoms with Crippen molar-refractivity contribution in [2.75, 3.05) is 19.6 Å². The number of carbonyl (C=O) groups is 2. The van der Waals surface area contributed by atoms with E-state index in [9.17, 15) is 9.59 Å². The molecule has 2 amide bonds. The molecule has 2 saturated heterocycles. The van der Waals surface area contributed by atoms with Gasteiger partial charge in [0.1, 0.15) is 5.69 Å². The molecule has 0 unspecified atom stereocenters. The number of likely N-dealkylation sites (tertiary alicyclic amines) is 2. The molecule has 2 aliphatic rings. The van der Waals surface area contributed by atoms with E-state index in [0.717, 1.165) is 25.9 Å². The predicted molar refractivity (Wildman–Crippen MR) is 82.2 cm³/mol. The molecular weight excluding hydrogens is 280 g/mol. The van der Waals surface area contributed by atoms with Crippen LogP contribution < -0.4 is 0 Å². The summed E-state index contributed by atoms with van der Waals surface area (Å²) in [6, 6.07) is 2.01. The average molecular weight is 304 g/mol. The van der Waals surface area contributed by atoms with Crippen molar-refractivity contribution in [3.63, 3.8) is 0 Å². The maximum atomic E-state index is 12.4. The molecule has 2 fully saturated rings. The number of hydrogen-bond donors (Lipinski definition) is 1. The number of rotatable bonds is 3. The lowest BCUT2D eigenvalue weighted by molar-refractivity contribution is -0.141. The van der Waals surface area contributed by atoms with E-state index in [-0.39, 0.29) is 11.8 Å². The summed E-state index contributed by atoms with van der Waals surface area (Å²) in [5.41, 5.74) is 0.546. The van der Waals surface area contributed by atoms with E-state index in [1.54, 1.807) is 12.3 Å². The van der Waals surface area contributed by atoms with Crippen LogP contribution in [0.2, 0.25) is 0 Å². The second-order valence-electron chi connectivity index (χ2n) is 6.82. The Morgan fingerprint density at radius 2 is 2.27 bits per heavy atom. The molecule has 2 atom stereocenters. The normalized spacial score (nSPS) is 25.5. The second kappa shape index (κ2) is 6.10. The van der Waals surface area contributed by atoms with Gasteiger partial charge < -0.3 is 9.80 Å². The van der Waals surface area contributed by atoms with Crippen molar-refractivity contribution in [3.05, 3.63) is 18.0 Å². The first kappa shape index (κ1) is 15.1. The Hall–Kier alpha value is -1.85. The first-order valence-electron chi connectivity index (χ1n) is 8.14. The number of aromatic nitrogens is 2. The smallest absolute Gasteiger partial charge is 0.271 e. The lowest BCUT2D eigenvalue weighted by atomic mass is 9.83. The minimum atomic E-state index is 0.0169. The van der Waals surface area contributed by atoms with Crippen LogP contribution >= 0.6 is 0 Å². The summed E-state index contributed by atoms with van der Waals surface area (Å²) in [6.45, 7) is 6.57. The number of nitrogens with zero attached hydrogens (tertiary/aromatic N) is 3. The molecule has 0 aliphatic carbocycles. The molecular formula is C16H24N4O2. The number of aromatic amines is 1. The van der Waals surface area contributed by atoms with Crippen molar-refractivity contribution in [3.8, 4) is 0 Å². The summed E-state index contributed by atoms with van der Waals surface area (Å²) in [5, 5.41) is 6.59. The van der Waals surface area contributed by atoms with E-state index in [4.69, 9.17) is 0 Å². The summed E-state index contributed by atoms with van der Waals surface area (Å²) in [5.74, 6) is 1.18. The van der Waals surface area contributed by atoms with Gasteiger partial charge in [0.05, 0.1) is 0 Å². The zero-order valence-electron chi connectivity index (χ0n) is 13.3. The number of hydrogen-bond acceptors (Lipinski definition) is 3. The molecule has 6 heteroatoms. The summed E-state index contributed by atoms with van der Waals surface area (Å²) in [7, 11) is 0. The second-order valence-corrected chi connectivity index (χ2v) is 6.82. The third-order valence-corrected chi connectivity index (χ3v) is 4.72. The van der Waals surface area contributed by atoms with Crippen LogP contribution in [0.1, 0.15) is 43.6 Å². The third-order valence-electron chi connectivity index (χ3n) is 4.72. The van der Waals surface area contributed by atoms with Crippen LogP contribution in [0.5, 0.6) is 0 Å². The molecule has 0 spiro atoms. The summed E-state index contributed by atoms with van der Waals surface area (Å²) in [4.78, 5) is 28.6. The number of amides is 2. The van der Waals surface area contributed by atoms with Gasteiger partial charge in [-0.05, 0) is 30.7 Å². The van der Waals surface area contributed by atoms with Crippen molar-refractivity contribution < 1.29 is 9.59 Å². The minimum absolute atomic E-state index is 0.0169. The fourth-order valence-corrected chi connectivity index (χ4v) is 3.71. The SMILES string of the molecule is CC(C)CN1C(=O)CC[C@H]2CN(C(=O)c3ccn[nH]3)CC[C@H]21. The fraction of sp³-hybridized carbons (Fsp3) is 0.688. The van der Waals surface area contributed by atoms with Crippen molar-refractivity contribution >= 4 is 11.8 Å². The number of H-pyrrole nitrogens is 1. The molecule has 0 radical (unpaired) electrons. The van der Waals surface area contributed by atoms with Gasteiger partial charge in [0.25, 0.3) is 5.91 Å². The molecule has 2 aliphatic heterocycles. The number of nitrogens with one attached hydrogen (secondary N) is 1. The Labute approximate surface area is 130 Å². The highest BCUT2D eigenvalue weighted by atomic mass is 16.2. The van der Waals surface area contributed by atoms with Gasteiger partial charge in [0, 0.05) is 38.3 Å². The molecule has 3 heterocycles. The van der Waals surface area contributed by atoms with Crippen molar-refractivity contribution in [1.29, 1.82) is 0 Å². The molecule has 22 heavy (non-hydrogen) atoms. The van der Waals surface area contributed by atoms with E-state index in [0.29, 0.717) is 36.5 Å². The highest BCUT2D eigenvalue weighted by Crippen LogP contribution is 2.32. The molecule has 0 aromatic carbocycles. The van der Waals surface area contributed by atoms with Gasteiger partial charge in [-0.2, -0.15) is 5.10 Å². The van der Waals surface area contributed by atoms with E-state index in [1.807, 2.05) is 4.90 Å². The maximum absolute atomic E-state index is 12.4. The van der Waals surface area contributed by atoms with Gasteiger partial charge >= 0.3 is 0 Å². The fourth-order valence-electron chi connectivity index (χ4n) is 3.71. The molecule has 120 valence electrons. The zero-order valence-corrected chi connectivity index (χ0v) is 13.3. The topological polar surface area (TPSA) is 69.3 Å². The molecule has 1 N–H and O–H groups in total. The lowest BCUT2D eigenvalue weighted by Crippen LogP contribution is -2.57. The van der Waals surface area contributed by atoms with Crippen LogP contribution in [0.25, 0.3) is 0 Å². The third kappa shape index (κ3) is 2.87. The lowest BCUT2D eigenvalue weighted by Gasteiger charge is -2.47. The maximum Gasteiger partial charge on any atom is 0.271 e. The Balaban J connectivity index is 1.69. The van der Waals surface area contributed by atoms with Gasteiger partial charge in [-0.3, -0.25) is 14.7 Å². The van der Waals surface area contributed by atoms with Gasteiger partial charge in [-0.1, -0.05) is 13.8 Å². The van der Waals surface area contributed by atoms with Gasteiger partial charge in [-0.25, -0.2) is 0 Å². The summed E-state index contributed by atoms with van der Waals surface area (Å²) < 4.78 is 0. The monoisotopic (exact) mass is 304 g/mol. The van der Waals surface area contributed by atoms with Crippen LogP contribution in [0.4, 0.5) is 0 Å². The number of piperidine rings is 2. The van der Waals surface area contributed by atoms with Crippen LogP contribution in [0.3, 0.4) is 0 Å². The Bertz CT molecular complexity index is 540. The van der Waals surface area contributed by atoms with E-state index >= 15 is 0 Å². The van der Waals surface area contributed by atoms with Crippen LogP contribution in [-0.2, 0) is 4.79 Å². The van der Waals surface area contributed by atoms with Crippen molar-refractivity contribution in [2.24, 2.45) is 11.8 Å². The summed E-state index contributed by atoms with van der Waals surface area (Å²) in [6.07, 6.45) is 3.98. The number of carbonyl (C=O) groups excluding carboxylic acids is 2. The molecule has 3 rings (SSSR count). The van der Waals surface area contributed by atoms with Crippen LogP contribution in [0.15, 0.2) is 12.3 Å². The molecule has 1 aromatic heterocycles. The molecule has 0 saturated carbocycles. The predicted octanol–water partition coefficient (Wildman–Crippen LogP) is 1.52. The highest BCUT2D eigenvalue weighted by Gasteiger charge is 2.40. The quantitative estimate of drug-likeness (QED) is 0.920. The van der Waals surface area contributed by atoms with Gasteiger partial charge in [0.15, 0.2) is 0 Å². The average Bonchev–Trinajstić information content (AvgIpc) is 3.03. The first-order valence-corrected chi connectivity index (χ1v) is 8.14. The Morgan fingerprint density at radius 3 is 2.95 bits per heavy atom. The molecule has 1 aromatic rings. The molecule has 0 bridgehead atoms. The van der Waals surface area contributed by atoms with Gasteiger partial charge in [-0.15, -0.1) is 0 Å². The van der Waals surface area contributed by atoms with Crippen molar-refractivity contribution in [2.45, 2.75) is 39.2 Å². The van der Waals surface area contributed by atoms with Crippen LogP contribution in [-0.4, -0.2) is 57.5 Å². The van der Waals surface area contributed by atoms with E-state index in [1.165, 1.54) is 0 Å². The molecule has 6 nitrogen and oxygen atoms in total. The Kier molecular flexibility index (Phi) is 4.18. The standard InChI is InChI=1S/C16H24N4O2/c1-11(2)9-20-14-6-8-19(10-12(14)3-4-15(20)21)16(22)13-5-7-17-18-13/h5,7,11-12,14H,3-4,6,8-10H2,1-2H3,(H,17,18)/t12-,14+/m0/s1. The Morgan fingerprint density at radius 1 is 1.45 bits per heavy atom.